The van der Waals surface area contributed by atoms with Crippen LogP contribution >= 0.6 is 0 Å². The maximum absolute atomic E-state index is 12.9. The highest BCUT2D eigenvalue weighted by molar-refractivity contribution is 5.95. The molecule has 1 aromatic rings. The van der Waals surface area contributed by atoms with Crippen molar-refractivity contribution in [3.8, 4) is 0 Å². The van der Waals surface area contributed by atoms with Gasteiger partial charge in [0, 0.05) is 12.8 Å². The van der Waals surface area contributed by atoms with E-state index in [1.807, 2.05) is 0 Å². The van der Waals surface area contributed by atoms with E-state index in [0.717, 1.165) is 0 Å². The Labute approximate surface area is 200 Å². The Kier molecular flexibility index (Phi) is 11.8. The first-order valence-electron chi connectivity index (χ1n) is 10.5. The molecular weight excluding hydrogens is 466 g/mol. The van der Waals surface area contributed by atoms with Crippen molar-refractivity contribution in [3.63, 3.8) is 0 Å². The number of primary amides is 1. The summed E-state index contributed by atoms with van der Waals surface area (Å²) in [6, 6.07) is 2.54. The number of carboxylic acid groups (broad SMARTS) is 2. The molecule has 0 saturated carbocycles. The SMILES string of the molecule is NC(=O)CC(NC(=O)C(Cc1ccccc1)NC(=O)C(CCC(=O)O)NC(=O)C(N)CO)C(=O)O. The Bertz CT molecular complexity index is 925. The van der Waals surface area contributed by atoms with Crippen LogP contribution in [0.1, 0.15) is 24.8 Å². The minimum atomic E-state index is -1.65. The van der Waals surface area contributed by atoms with E-state index in [9.17, 15) is 33.9 Å². The molecule has 192 valence electrons. The summed E-state index contributed by atoms with van der Waals surface area (Å²) >= 11 is 0. The molecule has 0 aliphatic rings. The van der Waals surface area contributed by atoms with Gasteiger partial charge in [-0.3, -0.25) is 24.0 Å². The number of benzene rings is 1. The lowest BCUT2D eigenvalue weighted by Gasteiger charge is -2.25. The van der Waals surface area contributed by atoms with Gasteiger partial charge in [-0.05, 0) is 12.0 Å². The average Bonchev–Trinajstić information content (AvgIpc) is 2.80. The molecule has 4 amide bonds. The number of hydrogen-bond donors (Lipinski definition) is 8. The van der Waals surface area contributed by atoms with Crippen molar-refractivity contribution in [2.45, 2.75) is 49.9 Å². The summed E-state index contributed by atoms with van der Waals surface area (Å²) in [5, 5.41) is 34.0. The summed E-state index contributed by atoms with van der Waals surface area (Å²) in [5.74, 6) is -6.56. The molecule has 0 aromatic heterocycles. The monoisotopic (exact) mass is 495 g/mol. The second-order valence-corrected chi connectivity index (χ2v) is 7.60. The number of carboxylic acids is 2. The molecule has 0 fully saturated rings. The van der Waals surface area contributed by atoms with E-state index >= 15 is 0 Å². The molecule has 0 aliphatic heterocycles. The van der Waals surface area contributed by atoms with Gasteiger partial charge in [0.05, 0.1) is 13.0 Å². The lowest BCUT2D eigenvalue weighted by atomic mass is 10.0. The fourth-order valence-electron chi connectivity index (χ4n) is 2.90. The molecule has 0 saturated heterocycles. The smallest absolute Gasteiger partial charge is 0.326 e. The van der Waals surface area contributed by atoms with E-state index in [4.69, 9.17) is 21.7 Å². The minimum absolute atomic E-state index is 0.100. The van der Waals surface area contributed by atoms with Crippen LogP contribution in [0.15, 0.2) is 30.3 Å². The first-order valence-corrected chi connectivity index (χ1v) is 10.5. The van der Waals surface area contributed by atoms with Gasteiger partial charge in [-0.25, -0.2) is 4.79 Å². The highest BCUT2D eigenvalue weighted by Gasteiger charge is 2.31. The Morgan fingerprint density at radius 2 is 1.37 bits per heavy atom. The molecule has 14 heteroatoms. The lowest BCUT2D eigenvalue weighted by Crippen LogP contribution is -2.58. The van der Waals surface area contributed by atoms with Crippen LogP contribution in [0, 0.1) is 0 Å². The molecule has 4 atom stereocenters. The minimum Gasteiger partial charge on any atom is -0.481 e. The highest BCUT2D eigenvalue weighted by Crippen LogP contribution is 2.07. The number of hydrogen-bond acceptors (Lipinski definition) is 8. The fraction of sp³-hybridized carbons (Fsp3) is 0.429. The number of carbonyl (C=O) groups is 6. The first kappa shape index (κ1) is 29.0. The first-order chi connectivity index (χ1) is 16.4. The zero-order valence-corrected chi connectivity index (χ0v) is 18.7. The number of aliphatic carboxylic acids is 2. The van der Waals surface area contributed by atoms with Crippen LogP contribution in [-0.2, 0) is 35.2 Å². The molecule has 35 heavy (non-hydrogen) atoms. The van der Waals surface area contributed by atoms with Gasteiger partial charge in [0.15, 0.2) is 0 Å². The summed E-state index contributed by atoms with van der Waals surface area (Å²) in [4.78, 5) is 71.4. The molecule has 1 rings (SSSR count). The van der Waals surface area contributed by atoms with Gasteiger partial charge in [0.25, 0.3) is 0 Å². The van der Waals surface area contributed by atoms with Crippen LogP contribution < -0.4 is 27.4 Å². The van der Waals surface area contributed by atoms with E-state index in [2.05, 4.69) is 16.0 Å². The van der Waals surface area contributed by atoms with Crippen molar-refractivity contribution in [1.29, 1.82) is 0 Å². The summed E-state index contributed by atoms with van der Waals surface area (Å²) < 4.78 is 0. The Balaban J connectivity index is 3.14. The summed E-state index contributed by atoms with van der Waals surface area (Å²) in [6.07, 6.45) is -1.66. The van der Waals surface area contributed by atoms with Crippen molar-refractivity contribution in [2.75, 3.05) is 6.61 Å². The Morgan fingerprint density at radius 3 is 1.89 bits per heavy atom. The third-order valence-electron chi connectivity index (χ3n) is 4.75. The maximum Gasteiger partial charge on any atom is 0.326 e. The quantitative estimate of drug-likeness (QED) is 0.121. The number of aliphatic hydroxyl groups excluding tert-OH is 1. The number of nitrogens with two attached hydrogens (primary N) is 2. The van der Waals surface area contributed by atoms with Crippen LogP contribution in [0.25, 0.3) is 0 Å². The number of nitrogens with one attached hydrogen (secondary N) is 3. The van der Waals surface area contributed by atoms with Gasteiger partial charge in [0.2, 0.25) is 23.6 Å². The molecule has 0 spiro atoms. The van der Waals surface area contributed by atoms with E-state index < -0.39 is 79.2 Å². The predicted octanol–water partition coefficient (Wildman–Crippen LogP) is -3.17. The van der Waals surface area contributed by atoms with Gasteiger partial charge in [-0.2, -0.15) is 0 Å². The van der Waals surface area contributed by atoms with Crippen molar-refractivity contribution in [1.82, 2.24) is 16.0 Å². The maximum atomic E-state index is 12.9. The molecule has 1 aromatic carbocycles. The van der Waals surface area contributed by atoms with Crippen LogP contribution in [0.2, 0.25) is 0 Å². The van der Waals surface area contributed by atoms with Gasteiger partial charge in [-0.1, -0.05) is 30.3 Å². The molecule has 10 N–H and O–H groups in total. The van der Waals surface area contributed by atoms with Crippen molar-refractivity contribution >= 4 is 35.6 Å². The fourth-order valence-corrected chi connectivity index (χ4v) is 2.90. The Hall–Kier alpha value is -4.04. The van der Waals surface area contributed by atoms with E-state index in [0.29, 0.717) is 5.56 Å². The predicted molar refractivity (Wildman–Crippen MR) is 119 cm³/mol. The molecule has 4 unspecified atom stereocenters. The van der Waals surface area contributed by atoms with Crippen molar-refractivity contribution < 1.29 is 44.1 Å². The Morgan fingerprint density at radius 1 is 0.829 bits per heavy atom. The number of carbonyl (C=O) groups excluding carboxylic acids is 4. The molecular formula is C21H29N5O9. The topological polar surface area (TPSA) is 251 Å². The average molecular weight is 495 g/mol. The van der Waals surface area contributed by atoms with Crippen LogP contribution in [0.3, 0.4) is 0 Å². The molecule has 0 aliphatic carbocycles. The van der Waals surface area contributed by atoms with Gasteiger partial charge < -0.3 is 42.7 Å². The summed E-state index contributed by atoms with van der Waals surface area (Å²) in [7, 11) is 0. The molecule has 14 nitrogen and oxygen atoms in total. The summed E-state index contributed by atoms with van der Waals surface area (Å²) in [6.45, 7) is -0.728. The molecule has 0 radical (unpaired) electrons. The van der Waals surface area contributed by atoms with E-state index in [1.165, 1.54) is 0 Å². The van der Waals surface area contributed by atoms with Crippen molar-refractivity contribution in [2.24, 2.45) is 11.5 Å². The lowest BCUT2D eigenvalue weighted by molar-refractivity contribution is -0.143. The van der Waals surface area contributed by atoms with E-state index in [1.54, 1.807) is 30.3 Å². The molecule has 0 bridgehead atoms. The highest BCUT2D eigenvalue weighted by atomic mass is 16.4. The van der Waals surface area contributed by atoms with Gasteiger partial charge >= 0.3 is 11.9 Å². The second-order valence-electron chi connectivity index (χ2n) is 7.60. The number of amides is 4. The zero-order chi connectivity index (χ0) is 26.5. The zero-order valence-electron chi connectivity index (χ0n) is 18.7. The van der Waals surface area contributed by atoms with Crippen molar-refractivity contribution in [3.05, 3.63) is 35.9 Å². The van der Waals surface area contributed by atoms with Crippen LogP contribution in [-0.4, -0.2) is 81.7 Å². The third kappa shape index (κ3) is 10.6. The largest absolute Gasteiger partial charge is 0.481 e. The number of rotatable bonds is 15. The third-order valence-corrected chi connectivity index (χ3v) is 4.75. The normalized spacial score (nSPS) is 14.0. The van der Waals surface area contributed by atoms with Crippen LogP contribution in [0.4, 0.5) is 0 Å². The standard InChI is InChI=1S/C21H29N5O9/c22-12(10-27)18(31)24-13(6-7-17(29)30)19(32)25-14(8-11-4-2-1-3-5-11)20(33)26-15(21(34)35)9-16(23)28/h1-5,12-15,27H,6-10,22H2,(H2,23,28)(H,24,31)(H,25,32)(H,26,33)(H,29,30)(H,34,35). The second kappa shape index (κ2) is 14.3. The van der Waals surface area contributed by atoms with Gasteiger partial charge in [-0.15, -0.1) is 0 Å². The number of aliphatic hydroxyl groups is 1. The van der Waals surface area contributed by atoms with Crippen LogP contribution in [0.5, 0.6) is 0 Å². The van der Waals surface area contributed by atoms with Gasteiger partial charge in [0.1, 0.15) is 24.2 Å². The summed E-state index contributed by atoms with van der Waals surface area (Å²) in [5.41, 5.74) is 11.0. The van der Waals surface area contributed by atoms with E-state index in [-0.39, 0.29) is 12.8 Å². The molecule has 0 heterocycles.